The van der Waals surface area contributed by atoms with E-state index < -0.39 is 0 Å². The molecule has 0 radical (unpaired) electrons. The van der Waals surface area contributed by atoms with Crippen LogP contribution in [0.2, 0.25) is 0 Å². The summed E-state index contributed by atoms with van der Waals surface area (Å²) in [5.74, 6) is 1.56. The van der Waals surface area contributed by atoms with E-state index in [1.807, 2.05) is 24.4 Å². The molecule has 1 aliphatic rings. The van der Waals surface area contributed by atoms with Gasteiger partial charge in [-0.1, -0.05) is 6.07 Å². The zero-order valence-corrected chi connectivity index (χ0v) is 12.7. The molecule has 7 heteroatoms. The van der Waals surface area contributed by atoms with Crippen LogP contribution >= 0.6 is 0 Å². The highest BCUT2D eigenvalue weighted by Gasteiger charge is 2.21. The van der Waals surface area contributed by atoms with E-state index in [1.54, 1.807) is 35.3 Å². The molecule has 2 aromatic heterocycles. The Kier molecular flexibility index (Phi) is 3.59. The number of pyridine rings is 1. The van der Waals surface area contributed by atoms with Gasteiger partial charge in [0.05, 0.1) is 5.56 Å². The van der Waals surface area contributed by atoms with Crippen LogP contribution in [0.25, 0.3) is 5.82 Å². The first-order valence-corrected chi connectivity index (χ1v) is 7.43. The monoisotopic (exact) mass is 322 g/mol. The second-order valence-electron chi connectivity index (χ2n) is 5.19. The largest absolute Gasteiger partial charge is 0.454 e. The second kappa shape index (κ2) is 6.04. The lowest BCUT2D eigenvalue weighted by Gasteiger charge is -2.08. The Balaban J connectivity index is 1.49. The molecule has 0 unspecified atom stereocenters. The van der Waals surface area contributed by atoms with E-state index in [2.05, 4.69) is 15.4 Å². The van der Waals surface area contributed by atoms with Gasteiger partial charge in [0, 0.05) is 25.1 Å². The summed E-state index contributed by atoms with van der Waals surface area (Å²) in [6.45, 7) is 0.511. The minimum absolute atomic E-state index is 0.136. The van der Waals surface area contributed by atoms with Crippen molar-refractivity contribution >= 4 is 5.91 Å². The molecule has 1 aliphatic heterocycles. The Morgan fingerprint density at radius 3 is 3.04 bits per heavy atom. The fourth-order valence-electron chi connectivity index (χ4n) is 2.49. The van der Waals surface area contributed by atoms with Crippen molar-refractivity contribution < 1.29 is 14.3 Å². The van der Waals surface area contributed by atoms with Gasteiger partial charge in [-0.3, -0.25) is 4.79 Å². The van der Waals surface area contributed by atoms with Gasteiger partial charge >= 0.3 is 0 Å². The number of carbonyl (C=O) groups excluding carboxylic acids is 1. The molecule has 4 rings (SSSR count). The standard InChI is InChI=1S/C17H14N4O3/c22-17(13-3-1-4-14-16(13)24-11-23-14)19-10-12-5-7-18-15(9-12)21-8-2-6-20-21/h1-9H,10-11H2,(H,19,22). The van der Waals surface area contributed by atoms with Crippen molar-refractivity contribution in [2.75, 3.05) is 6.79 Å². The molecule has 0 bridgehead atoms. The van der Waals surface area contributed by atoms with Crippen LogP contribution in [0, 0.1) is 0 Å². The van der Waals surface area contributed by atoms with Crippen molar-refractivity contribution in [2.45, 2.75) is 6.54 Å². The fraction of sp³-hybridized carbons (Fsp3) is 0.118. The molecule has 0 saturated heterocycles. The Hall–Kier alpha value is -3.35. The van der Waals surface area contributed by atoms with Crippen LogP contribution in [0.15, 0.2) is 55.0 Å². The van der Waals surface area contributed by atoms with Crippen molar-refractivity contribution in [3.05, 3.63) is 66.1 Å². The number of nitrogens with one attached hydrogen (secondary N) is 1. The maximum absolute atomic E-state index is 12.4. The summed E-state index contributed by atoms with van der Waals surface area (Å²) in [6.07, 6.45) is 5.19. The zero-order valence-electron chi connectivity index (χ0n) is 12.7. The summed E-state index contributed by atoms with van der Waals surface area (Å²) < 4.78 is 12.3. The van der Waals surface area contributed by atoms with Gasteiger partial charge in [0.1, 0.15) is 0 Å². The van der Waals surface area contributed by atoms with Gasteiger partial charge in [-0.2, -0.15) is 5.10 Å². The molecule has 1 amide bonds. The highest BCUT2D eigenvalue weighted by atomic mass is 16.7. The highest BCUT2D eigenvalue weighted by molar-refractivity contribution is 5.97. The number of hydrogen-bond donors (Lipinski definition) is 1. The van der Waals surface area contributed by atoms with Gasteiger partial charge in [0.15, 0.2) is 17.3 Å². The molecule has 0 aliphatic carbocycles. The van der Waals surface area contributed by atoms with Gasteiger partial charge < -0.3 is 14.8 Å². The van der Waals surface area contributed by atoms with Gasteiger partial charge in [-0.15, -0.1) is 0 Å². The first-order valence-electron chi connectivity index (χ1n) is 7.43. The second-order valence-corrected chi connectivity index (χ2v) is 5.19. The number of fused-ring (bicyclic) bond motifs is 1. The van der Waals surface area contributed by atoms with Gasteiger partial charge in [0.2, 0.25) is 6.79 Å². The smallest absolute Gasteiger partial charge is 0.255 e. The van der Waals surface area contributed by atoms with E-state index in [9.17, 15) is 4.79 Å². The van der Waals surface area contributed by atoms with Crippen LogP contribution in [-0.2, 0) is 6.54 Å². The minimum atomic E-state index is -0.213. The lowest BCUT2D eigenvalue weighted by Crippen LogP contribution is -2.23. The maximum atomic E-state index is 12.4. The van der Waals surface area contributed by atoms with Gasteiger partial charge in [0.25, 0.3) is 5.91 Å². The summed E-state index contributed by atoms with van der Waals surface area (Å²) in [6, 6.07) is 10.8. The minimum Gasteiger partial charge on any atom is -0.454 e. The van der Waals surface area contributed by atoms with E-state index in [1.165, 1.54) is 0 Å². The Morgan fingerprint density at radius 1 is 1.21 bits per heavy atom. The van der Waals surface area contributed by atoms with Crippen molar-refractivity contribution in [1.82, 2.24) is 20.1 Å². The van der Waals surface area contributed by atoms with E-state index >= 15 is 0 Å². The van der Waals surface area contributed by atoms with Crippen LogP contribution in [0.1, 0.15) is 15.9 Å². The number of hydrogen-bond acceptors (Lipinski definition) is 5. The molecule has 7 nitrogen and oxygen atoms in total. The molecule has 0 saturated carbocycles. The number of carbonyl (C=O) groups is 1. The topological polar surface area (TPSA) is 78.3 Å². The number of ether oxygens (including phenoxy) is 2. The van der Waals surface area contributed by atoms with Crippen LogP contribution in [0.3, 0.4) is 0 Å². The summed E-state index contributed by atoms with van der Waals surface area (Å²) in [5.41, 5.74) is 1.39. The third-order valence-corrected chi connectivity index (χ3v) is 3.64. The summed E-state index contributed by atoms with van der Waals surface area (Å²) in [4.78, 5) is 16.7. The molecule has 120 valence electrons. The first kappa shape index (κ1) is 14.3. The predicted molar refractivity (Wildman–Crippen MR) is 85.1 cm³/mol. The van der Waals surface area contributed by atoms with Crippen molar-refractivity contribution in [3.63, 3.8) is 0 Å². The number of benzene rings is 1. The molecule has 3 heterocycles. The number of nitrogens with zero attached hydrogens (tertiary/aromatic N) is 3. The zero-order chi connectivity index (χ0) is 16.4. The van der Waals surface area contributed by atoms with Crippen LogP contribution in [-0.4, -0.2) is 27.5 Å². The molecule has 24 heavy (non-hydrogen) atoms. The molecular weight excluding hydrogens is 308 g/mol. The average molecular weight is 322 g/mol. The van der Waals surface area contributed by atoms with Crippen molar-refractivity contribution in [1.29, 1.82) is 0 Å². The van der Waals surface area contributed by atoms with E-state index in [4.69, 9.17) is 9.47 Å². The third kappa shape index (κ3) is 2.67. The normalized spacial score (nSPS) is 12.2. The molecule has 1 N–H and O–H groups in total. The van der Waals surface area contributed by atoms with E-state index in [0.717, 1.165) is 5.56 Å². The molecule has 3 aromatic rings. The number of aromatic nitrogens is 3. The number of amides is 1. The first-order chi connectivity index (χ1) is 11.8. The molecule has 0 spiro atoms. The molecule has 0 fully saturated rings. The quantitative estimate of drug-likeness (QED) is 0.794. The molecule has 1 aromatic carbocycles. The fourth-order valence-corrected chi connectivity index (χ4v) is 2.49. The van der Waals surface area contributed by atoms with Crippen LogP contribution in [0.5, 0.6) is 11.5 Å². The van der Waals surface area contributed by atoms with Crippen LogP contribution < -0.4 is 14.8 Å². The third-order valence-electron chi connectivity index (χ3n) is 3.64. The Labute approximate surface area is 137 Å². The van der Waals surface area contributed by atoms with E-state index in [0.29, 0.717) is 29.4 Å². The summed E-state index contributed by atoms with van der Waals surface area (Å²) in [7, 11) is 0. The lowest BCUT2D eigenvalue weighted by atomic mass is 10.1. The van der Waals surface area contributed by atoms with Gasteiger partial charge in [-0.05, 0) is 35.9 Å². The van der Waals surface area contributed by atoms with Crippen molar-refractivity contribution in [3.8, 4) is 17.3 Å². The summed E-state index contributed by atoms with van der Waals surface area (Å²) >= 11 is 0. The van der Waals surface area contributed by atoms with Crippen LogP contribution in [0.4, 0.5) is 0 Å². The Morgan fingerprint density at radius 2 is 2.17 bits per heavy atom. The van der Waals surface area contributed by atoms with Gasteiger partial charge in [-0.25, -0.2) is 9.67 Å². The lowest BCUT2D eigenvalue weighted by molar-refractivity contribution is 0.0946. The number of rotatable bonds is 4. The predicted octanol–water partition coefficient (Wildman–Crippen LogP) is 1.93. The molecule has 0 atom stereocenters. The summed E-state index contributed by atoms with van der Waals surface area (Å²) in [5, 5.41) is 7.03. The maximum Gasteiger partial charge on any atom is 0.255 e. The Bertz CT molecular complexity index is 877. The SMILES string of the molecule is O=C(NCc1ccnc(-n2cccn2)c1)c1cccc2c1OCO2. The van der Waals surface area contributed by atoms with E-state index in [-0.39, 0.29) is 12.7 Å². The van der Waals surface area contributed by atoms with Crippen molar-refractivity contribution in [2.24, 2.45) is 0 Å². The number of para-hydroxylation sites is 1. The highest BCUT2D eigenvalue weighted by Crippen LogP contribution is 2.35. The average Bonchev–Trinajstić information content (AvgIpc) is 3.30. The molecular formula is C17H14N4O3.